The van der Waals surface area contributed by atoms with Crippen LogP contribution in [0.25, 0.3) is 0 Å². The molecule has 1 saturated carbocycles. The SMILES string of the molecule is CC1(c2ccc(NC(=O)c3ccccc3Br)cc2)CC1(Cl)Cl. The summed E-state index contributed by atoms with van der Waals surface area (Å²) in [5.74, 6) is -0.151. The highest BCUT2D eigenvalue weighted by atomic mass is 79.9. The van der Waals surface area contributed by atoms with E-state index in [1.54, 1.807) is 6.07 Å². The molecule has 1 aliphatic carbocycles. The molecule has 1 N–H and O–H groups in total. The first kappa shape index (κ1) is 15.9. The fraction of sp³-hybridized carbons (Fsp3) is 0.235. The van der Waals surface area contributed by atoms with E-state index in [9.17, 15) is 4.79 Å². The molecule has 5 heteroatoms. The monoisotopic (exact) mass is 397 g/mol. The topological polar surface area (TPSA) is 29.1 Å². The van der Waals surface area contributed by atoms with Crippen LogP contribution in [-0.4, -0.2) is 10.2 Å². The number of carbonyl (C=O) groups is 1. The Hall–Kier alpha value is -1.03. The quantitative estimate of drug-likeness (QED) is 0.676. The molecule has 0 bridgehead atoms. The van der Waals surface area contributed by atoms with E-state index >= 15 is 0 Å². The summed E-state index contributed by atoms with van der Waals surface area (Å²) in [6, 6.07) is 15.0. The summed E-state index contributed by atoms with van der Waals surface area (Å²) in [5, 5.41) is 2.88. The lowest BCUT2D eigenvalue weighted by molar-refractivity contribution is 0.102. The van der Waals surface area contributed by atoms with Crippen molar-refractivity contribution >= 4 is 50.7 Å². The van der Waals surface area contributed by atoms with E-state index in [4.69, 9.17) is 23.2 Å². The van der Waals surface area contributed by atoms with E-state index in [-0.39, 0.29) is 11.3 Å². The fourth-order valence-corrected chi connectivity index (χ4v) is 3.70. The summed E-state index contributed by atoms with van der Waals surface area (Å²) in [7, 11) is 0. The van der Waals surface area contributed by atoms with Gasteiger partial charge in [-0.05, 0) is 52.2 Å². The van der Waals surface area contributed by atoms with Crippen LogP contribution in [-0.2, 0) is 5.41 Å². The number of anilines is 1. The van der Waals surface area contributed by atoms with Crippen LogP contribution in [0, 0.1) is 0 Å². The first-order chi connectivity index (χ1) is 10.3. The third-order valence-corrected chi connectivity index (χ3v) is 5.95. The fourth-order valence-electron chi connectivity index (χ4n) is 2.48. The number of alkyl halides is 2. The van der Waals surface area contributed by atoms with Gasteiger partial charge in [0, 0.05) is 15.6 Å². The Kier molecular flexibility index (Phi) is 4.00. The van der Waals surface area contributed by atoms with Crippen molar-refractivity contribution in [1.29, 1.82) is 0 Å². The van der Waals surface area contributed by atoms with Gasteiger partial charge >= 0.3 is 0 Å². The van der Waals surface area contributed by atoms with Crippen LogP contribution in [0.1, 0.15) is 29.3 Å². The van der Waals surface area contributed by atoms with Crippen LogP contribution in [0.15, 0.2) is 53.0 Å². The molecule has 0 heterocycles. The third-order valence-electron chi connectivity index (χ3n) is 4.16. The minimum absolute atomic E-state index is 0.151. The third kappa shape index (κ3) is 2.78. The molecular weight excluding hydrogens is 385 g/mol. The zero-order valence-corrected chi connectivity index (χ0v) is 15.0. The zero-order chi connectivity index (χ0) is 16.0. The number of hydrogen-bond donors (Lipinski definition) is 1. The van der Waals surface area contributed by atoms with Gasteiger partial charge in [0.05, 0.1) is 5.56 Å². The number of nitrogens with one attached hydrogen (secondary N) is 1. The van der Waals surface area contributed by atoms with Crippen molar-refractivity contribution in [3.63, 3.8) is 0 Å². The Labute approximate surface area is 147 Å². The molecule has 0 saturated heterocycles. The molecule has 22 heavy (non-hydrogen) atoms. The smallest absolute Gasteiger partial charge is 0.256 e. The zero-order valence-electron chi connectivity index (χ0n) is 11.9. The van der Waals surface area contributed by atoms with E-state index < -0.39 is 4.33 Å². The van der Waals surface area contributed by atoms with Crippen LogP contribution >= 0.6 is 39.1 Å². The van der Waals surface area contributed by atoms with Gasteiger partial charge in [0.15, 0.2) is 0 Å². The molecule has 0 aromatic heterocycles. The highest BCUT2D eigenvalue weighted by Crippen LogP contribution is 2.64. The van der Waals surface area contributed by atoms with Gasteiger partial charge in [0.25, 0.3) is 5.91 Å². The average molecular weight is 399 g/mol. The Morgan fingerprint density at radius 1 is 1.14 bits per heavy atom. The molecule has 1 aliphatic rings. The van der Waals surface area contributed by atoms with E-state index in [2.05, 4.69) is 21.2 Å². The van der Waals surface area contributed by atoms with Crippen LogP contribution < -0.4 is 5.32 Å². The van der Waals surface area contributed by atoms with Crippen LogP contribution in [0.4, 0.5) is 5.69 Å². The molecule has 0 aliphatic heterocycles. The van der Waals surface area contributed by atoms with Gasteiger partial charge in [0.1, 0.15) is 4.33 Å². The van der Waals surface area contributed by atoms with Gasteiger partial charge in [-0.2, -0.15) is 0 Å². The predicted molar refractivity (Wildman–Crippen MR) is 94.9 cm³/mol. The van der Waals surface area contributed by atoms with Gasteiger partial charge in [0.2, 0.25) is 0 Å². The van der Waals surface area contributed by atoms with Crippen molar-refractivity contribution in [3.8, 4) is 0 Å². The molecule has 2 aromatic carbocycles. The predicted octanol–water partition coefficient (Wildman–Crippen LogP) is 5.54. The Morgan fingerprint density at radius 2 is 1.73 bits per heavy atom. The molecule has 1 atom stereocenters. The Bertz CT molecular complexity index is 730. The van der Waals surface area contributed by atoms with Crippen LogP contribution in [0.2, 0.25) is 0 Å². The normalized spacial score (nSPS) is 22.2. The lowest BCUT2D eigenvalue weighted by Gasteiger charge is -2.13. The number of halogens is 3. The molecule has 2 aromatic rings. The maximum atomic E-state index is 12.2. The highest BCUT2D eigenvalue weighted by molar-refractivity contribution is 9.10. The molecular formula is C17H14BrCl2NO. The number of hydrogen-bond acceptors (Lipinski definition) is 1. The van der Waals surface area contributed by atoms with E-state index in [1.807, 2.05) is 49.4 Å². The summed E-state index contributed by atoms with van der Waals surface area (Å²) in [4.78, 5) is 12.2. The van der Waals surface area contributed by atoms with Crippen molar-refractivity contribution < 1.29 is 4.79 Å². The van der Waals surface area contributed by atoms with E-state index in [0.29, 0.717) is 5.56 Å². The second kappa shape index (κ2) is 5.55. The van der Waals surface area contributed by atoms with Crippen molar-refractivity contribution in [3.05, 3.63) is 64.1 Å². The van der Waals surface area contributed by atoms with E-state index in [1.165, 1.54) is 0 Å². The summed E-state index contributed by atoms with van der Waals surface area (Å²) in [6.07, 6.45) is 0.742. The molecule has 1 amide bonds. The van der Waals surface area contributed by atoms with Gasteiger partial charge in [-0.3, -0.25) is 4.79 Å². The van der Waals surface area contributed by atoms with Crippen molar-refractivity contribution in [1.82, 2.24) is 0 Å². The number of rotatable bonds is 3. The summed E-state index contributed by atoms with van der Waals surface area (Å²) in [6.45, 7) is 2.04. The summed E-state index contributed by atoms with van der Waals surface area (Å²) < 4.78 is 0.0795. The maximum absolute atomic E-state index is 12.2. The van der Waals surface area contributed by atoms with E-state index in [0.717, 1.165) is 22.1 Å². The minimum Gasteiger partial charge on any atom is -0.322 e. The number of carbonyl (C=O) groups excluding carboxylic acids is 1. The average Bonchev–Trinajstić information content (AvgIpc) is 3.00. The number of benzene rings is 2. The Morgan fingerprint density at radius 3 is 2.27 bits per heavy atom. The first-order valence-electron chi connectivity index (χ1n) is 6.88. The van der Waals surface area contributed by atoms with Gasteiger partial charge in [-0.1, -0.05) is 31.2 Å². The lowest BCUT2D eigenvalue weighted by atomic mass is 9.98. The molecule has 0 spiro atoms. The maximum Gasteiger partial charge on any atom is 0.256 e. The van der Waals surface area contributed by atoms with Crippen LogP contribution in [0.5, 0.6) is 0 Å². The molecule has 0 radical (unpaired) electrons. The standard InChI is InChI=1S/C17H14BrCl2NO/c1-16(10-17(16,19)20)11-6-8-12(9-7-11)21-15(22)13-4-2-3-5-14(13)18/h2-9H,10H2,1H3,(H,21,22). The molecule has 2 nitrogen and oxygen atoms in total. The molecule has 114 valence electrons. The van der Waals surface area contributed by atoms with Gasteiger partial charge in [-0.25, -0.2) is 0 Å². The summed E-state index contributed by atoms with van der Waals surface area (Å²) >= 11 is 15.8. The summed E-state index contributed by atoms with van der Waals surface area (Å²) in [5.41, 5.74) is 2.21. The van der Waals surface area contributed by atoms with Crippen molar-refractivity contribution in [2.45, 2.75) is 23.1 Å². The second-order valence-electron chi connectivity index (χ2n) is 5.72. The van der Waals surface area contributed by atoms with Crippen LogP contribution in [0.3, 0.4) is 0 Å². The lowest BCUT2D eigenvalue weighted by Crippen LogP contribution is -2.13. The largest absolute Gasteiger partial charge is 0.322 e. The highest BCUT2D eigenvalue weighted by Gasteiger charge is 2.63. The molecule has 1 unspecified atom stereocenters. The van der Waals surface area contributed by atoms with Gasteiger partial charge in [-0.15, -0.1) is 23.2 Å². The Balaban J connectivity index is 1.75. The van der Waals surface area contributed by atoms with Gasteiger partial charge < -0.3 is 5.32 Å². The number of amides is 1. The van der Waals surface area contributed by atoms with Crippen molar-refractivity contribution in [2.75, 3.05) is 5.32 Å². The molecule has 1 fully saturated rings. The van der Waals surface area contributed by atoms with Crippen molar-refractivity contribution in [2.24, 2.45) is 0 Å². The minimum atomic E-state index is -0.688. The molecule has 3 rings (SSSR count). The second-order valence-corrected chi connectivity index (χ2v) is 8.06. The first-order valence-corrected chi connectivity index (χ1v) is 8.43.